The third kappa shape index (κ3) is 3.44. The first kappa shape index (κ1) is 15.8. The fourth-order valence-corrected chi connectivity index (χ4v) is 2.58. The Morgan fingerprint density at radius 1 is 1.33 bits per heavy atom. The van der Waals surface area contributed by atoms with Gasteiger partial charge < -0.3 is 10.1 Å². The lowest BCUT2D eigenvalue weighted by Crippen LogP contribution is -2.13. The average molecular weight is 322 g/mol. The Kier molecular flexibility index (Phi) is 4.30. The molecule has 1 heterocycles. The summed E-state index contributed by atoms with van der Waals surface area (Å²) >= 11 is 0. The molecular formula is C19H15FN2O2. The van der Waals surface area contributed by atoms with Crippen molar-refractivity contribution in [1.82, 2.24) is 0 Å². The molecule has 2 aromatic carbocycles. The lowest BCUT2D eigenvalue weighted by atomic mass is 10.0. The van der Waals surface area contributed by atoms with Gasteiger partial charge in [-0.2, -0.15) is 5.26 Å². The van der Waals surface area contributed by atoms with Crippen molar-refractivity contribution in [3.05, 3.63) is 65.0 Å². The summed E-state index contributed by atoms with van der Waals surface area (Å²) in [6, 6.07) is 12.8. The second kappa shape index (κ2) is 6.55. The van der Waals surface area contributed by atoms with Gasteiger partial charge in [-0.1, -0.05) is 6.07 Å². The summed E-state index contributed by atoms with van der Waals surface area (Å²) in [6.07, 6.45) is 2.47. The molecular weight excluding hydrogens is 307 g/mol. The number of carbonyl (C=O) groups excluding carboxylic acids is 1. The van der Waals surface area contributed by atoms with E-state index < -0.39 is 11.7 Å². The third-order valence-corrected chi connectivity index (χ3v) is 3.70. The molecule has 2 aromatic rings. The third-order valence-electron chi connectivity index (χ3n) is 3.70. The predicted molar refractivity (Wildman–Crippen MR) is 88.9 cm³/mol. The number of nitrogens with zero attached hydrogens (tertiary/aromatic N) is 1. The van der Waals surface area contributed by atoms with Crippen LogP contribution in [0, 0.1) is 17.1 Å². The van der Waals surface area contributed by atoms with Crippen molar-refractivity contribution in [2.45, 2.75) is 19.4 Å². The highest BCUT2D eigenvalue weighted by atomic mass is 19.1. The largest absolute Gasteiger partial charge is 0.490 e. The molecule has 0 spiro atoms. The van der Waals surface area contributed by atoms with Gasteiger partial charge in [-0.25, -0.2) is 4.39 Å². The zero-order valence-electron chi connectivity index (χ0n) is 13.0. The first-order valence-corrected chi connectivity index (χ1v) is 7.53. The molecule has 0 unspecified atom stereocenters. The van der Waals surface area contributed by atoms with Gasteiger partial charge in [0.25, 0.3) is 5.91 Å². The number of halogens is 1. The van der Waals surface area contributed by atoms with E-state index in [1.165, 1.54) is 30.3 Å². The number of rotatable bonds is 3. The molecule has 1 atom stereocenters. The van der Waals surface area contributed by atoms with Crippen LogP contribution in [-0.4, -0.2) is 12.0 Å². The van der Waals surface area contributed by atoms with E-state index in [2.05, 4.69) is 5.32 Å². The van der Waals surface area contributed by atoms with E-state index in [9.17, 15) is 14.4 Å². The van der Waals surface area contributed by atoms with Crippen LogP contribution < -0.4 is 10.1 Å². The summed E-state index contributed by atoms with van der Waals surface area (Å²) in [6.45, 7) is 1.99. The van der Waals surface area contributed by atoms with Crippen molar-refractivity contribution < 1.29 is 13.9 Å². The molecule has 0 saturated heterocycles. The van der Waals surface area contributed by atoms with Gasteiger partial charge >= 0.3 is 0 Å². The van der Waals surface area contributed by atoms with Crippen molar-refractivity contribution in [1.29, 1.82) is 5.26 Å². The van der Waals surface area contributed by atoms with E-state index in [1.54, 1.807) is 6.07 Å². The molecule has 0 fully saturated rings. The molecule has 1 aliphatic heterocycles. The zero-order valence-corrected chi connectivity index (χ0v) is 13.0. The Morgan fingerprint density at radius 3 is 2.79 bits per heavy atom. The molecule has 1 N–H and O–H groups in total. The van der Waals surface area contributed by atoms with Gasteiger partial charge in [0.05, 0.1) is 0 Å². The summed E-state index contributed by atoms with van der Waals surface area (Å²) in [7, 11) is 0. The fourth-order valence-electron chi connectivity index (χ4n) is 2.58. The van der Waals surface area contributed by atoms with Crippen LogP contribution in [0.5, 0.6) is 5.75 Å². The van der Waals surface area contributed by atoms with Crippen LogP contribution in [0.25, 0.3) is 6.08 Å². The number of hydrogen-bond donors (Lipinski definition) is 1. The molecule has 5 heteroatoms. The monoisotopic (exact) mass is 322 g/mol. The number of nitriles is 1. The number of anilines is 1. The Hall–Kier alpha value is -3.13. The maximum absolute atomic E-state index is 12.9. The molecule has 0 aromatic heterocycles. The highest BCUT2D eigenvalue weighted by Crippen LogP contribution is 2.30. The first-order chi connectivity index (χ1) is 11.5. The molecule has 0 aliphatic carbocycles. The number of carbonyl (C=O) groups is 1. The number of fused-ring (bicyclic) bond motifs is 1. The maximum Gasteiger partial charge on any atom is 0.266 e. The van der Waals surface area contributed by atoms with Crippen LogP contribution in [0.15, 0.2) is 48.0 Å². The topological polar surface area (TPSA) is 62.1 Å². The van der Waals surface area contributed by atoms with E-state index in [0.29, 0.717) is 5.69 Å². The number of nitrogens with one attached hydrogen (secondary N) is 1. The molecule has 0 saturated carbocycles. The Balaban J connectivity index is 1.79. The highest BCUT2D eigenvalue weighted by molar-refractivity contribution is 6.09. The van der Waals surface area contributed by atoms with Gasteiger partial charge in [0.1, 0.15) is 29.3 Å². The summed E-state index contributed by atoms with van der Waals surface area (Å²) in [5.41, 5.74) is 2.23. The van der Waals surface area contributed by atoms with Crippen LogP contribution in [0.1, 0.15) is 18.1 Å². The van der Waals surface area contributed by atoms with E-state index in [1.807, 2.05) is 25.1 Å². The highest BCUT2D eigenvalue weighted by Gasteiger charge is 2.19. The van der Waals surface area contributed by atoms with E-state index >= 15 is 0 Å². The Morgan fingerprint density at radius 2 is 2.08 bits per heavy atom. The first-order valence-electron chi connectivity index (χ1n) is 7.53. The quantitative estimate of drug-likeness (QED) is 0.692. The summed E-state index contributed by atoms with van der Waals surface area (Å²) < 4.78 is 18.5. The average Bonchev–Trinajstić information content (AvgIpc) is 2.94. The van der Waals surface area contributed by atoms with Crippen LogP contribution in [0.4, 0.5) is 10.1 Å². The SMILES string of the molecule is C[C@H]1Cc2cc(/C=C(\C#N)C(=O)Nc3ccc(F)cc3)ccc2O1. The van der Waals surface area contributed by atoms with Crippen molar-refractivity contribution in [2.75, 3.05) is 5.32 Å². The summed E-state index contributed by atoms with van der Waals surface area (Å²) in [5.74, 6) is -0.0817. The van der Waals surface area contributed by atoms with E-state index in [0.717, 1.165) is 23.3 Å². The van der Waals surface area contributed by atoms with Crippen molar-refractivity contribution in [3.63, 3.8) is 0 Å². The Labute approximate surface area is 139 Å². The van der Waals surface area contributed by atoms with Gasteiger partial charge in [-0.15, -0.1) is 0 Å². The van der Waals surface area contributed by atoms with E-state index in [4.69, 9.17) is 4.74 Å². The zero-order chi connectivity index (χ0) is 17.1. The maximum atomic E-state index is 12.9. The van der Waals surface area contributed by atoms with Gasteiger partial charge in [0, 0.05) is 12.1 Å². The summed E-state index contributed by atoms with van der Waals surface area (Å²) in [4.78, 5) is 12.2. The molecule has 1 amide bonds. The molecule has 4 nitrogen and oxygen atoms in total. The lowest BCUT2D eigenvalue weighted by molar-refractivity contribution is -0.112. The second-order valence-corrected chi connectivity index (χ2v) is 5.63. The fraction of sp³-hybridized carbons (Fsp3) is 0.158. The van der Waals surface area contributed by atoms with Crippen molar-refractivity contribution in [3.8, 4) is 11.8 Å². The normalized spacial score (nSPS) is 16.0. The minimum Gasteiger partial charge on any atom is -0.490 e. The summed E-state index contributed by atoms with van der Waals surface area (Å²) in [5, 5.41) is 11.8. The van der Waals surface area contributed by atoms with Crippen LogP contribution >= 0.6 is 0 Å². The minimum absolute atomic E-state index is 0.0220. The molecule has 3 rings (SSSR count). The molecule has 1 aliphatic rings. The van der Waals surface area contributed by atoms with Gasteiger partial charge in [-0.05, 0) is 60.5 Å². The van der Waals surface area contributed by atoms with Gasteiger partial charge in [-0.3, -0.25) is 4.79 Å². The van der Waals surface area contributed by atoms with Gasteiger partial charge in [0.2, 0.25) is 0 Å². The lowest BCUT2D eigenvalue weighted by Gasteiger charge is -2.05. The van der Waals surface area contributed by atoms with Crippen LogP contribution in [0.3, 0.4) is 0 Å². The number of benzene rings is 2. The van der Waals surface area contributed by atoms with Crippen molar-refractivity contribution in [2.24, 2.45) is 0 Å². The van der Waals surface area contributed by atoms with Crippen LogP contribution in [-0.2, 0) is 11.2 Å². The number of ether oxygens (including phenoxy) is 1. The molecule has 120 valence electrons. The second-order valence-electron chi connectivity index (χ2n) is 5.63. The number of hydrogen-bond acceptors (Lipinski definition) is 3. The standard InChI is InChI=1S/C19H15FN2O2/c1-12-8-14-9-13(2-7-18(14)24-12)10-15(11-21)19(23)22-17-5-3-16(20)4-6-17/h2-7,9-10,12H,8H2,1H3,(H,22,23)/b15-10+/t12-/m0/s1. The van der Waals surface area contributed by atoms with Crippen molar-refractivity contribution >= 4 is 17.7 Å². The predicted octanol–water partition coefficient (Wildman–Crippen LogP) is 3.69. The Bertz CT molecular complexity index is 851. The van der Waals surface area contributed by atoms with E-state index in [-0.39, 0.29) is 11.7 Å². The molecule has 0 radical (unpaired) electrons. The van der Waals surface area contributed by atoms with Gasteiger partial charge in [0.15, 0.2) is 0 Å². The molecule has 24 heavy (non-hydrogen) atoms. The van der Waals surface area contributed by atoms with Crippen LogP contribution in [0.2, 0.25) is 0 Å². The minimum atomic E-state index is -0.533. The molecule has 0 bridgehead atoms. The smallest absolute Gasteiger partial charge is 0.266 e. The number of amides is 1.